The maximum atomic E-state index is 14.0. The van der Waals surface area contributed by atoms with Gasteiger partial charge in [-0.25, -0.2) is 12.8 Å². The zero-order valence-electron chi connectivity index (χ0n) is 17.4. The number of sulfone groups is 1. The highest BCUT2D eigenvalue weighted by Gasteiger charge is 2.19. The Labute approximate surface area is 195 Å². The Morgan fingerprint density at radius 3 is 2.48 bits per heavy atom. The van der Waals surface area contributed by atoms with Crippen molar-refractivity contribution in [2.75, 3.05) is 11.6 Å². The Bertz CT molecular complexity index is 1460. The van der Waals surface area contributed by atoms with Crippen LogP contribution >= 0.6 is 11.6 Å². The molecular weight excluding hydrogens is 463 g/mol. The average Bonchev–Trinajstić information content (AvgIpc) is 2.80. The van der Waals surface area contributed by atoms with Gasteiger partial charge in [-0.15, -0.1) is 0 Å². The molecule has 0 unspecified atom stereocenters. The van der Waals surface area contributed by atoms with E-state index in [4.69, 9.17) is 11.6 Å². The molecule has 1 aromatic heterocycles. The number of benzene rings is 3. The predicted molar refractivity (Wildman–Crippen MR) is 128 cm³/mol. The molecule has 0 aliphatic rings. The minimum Gasteiger partial charge on any atom is -0.322 e. The highest BCUT2D eigenvalue weighted by Crippen LogP contribution is 2.33. The summed E-state index contributed by atoms with van der Waals surface area (Å²) in [5, 5.41) is 3.01. The number of carbonyl (C=O) groups excluding carboxylic acids is 1. The van der Waals surface area contributed by atoms with Crippen LogP contribution < -0.4 is 5.32 Å². The molecule has 33 heavy (non-hydrogen) atoms. The first-order chi connectivity index (χ1) is 15.7. The fourth-order valence-electron chi connectivity index (χ4n) is 3.37. The summed E-state index contributed by atoms with van der Waals surface area (Å²) >= 11 is 6.27. The number of hydrogen-bond acceptors (Lipinski definition) is 4. The van der Waals surface area contributed by atoms with E-state index in [1.807, 2.05) is 24.3 Å². The molecule has 0 aliphatic carbocycles. The predicted octanol–water partition coefficient (Wildman–Crippen LogP) is 5.86. The number of nitrogens with one attached hydrogen (secondary N) is 1. The van der Waals surface area contributed by atoms with Crippen LogP contribution in [0.4, 0.5) is 10.1 Å². The largest absolute Gasteiger partial charge is 0.322 e. The summed E-state index contributed by atoms with van der Waals surface area (Å²) < 4.78 is 38.2. The van der Waals surface area contributed by atoms with Gasteiger partial charge in [0.25, 0.3) is 5.91 Å². The normalized spacial score (nSPS) is 11.2. The summed E-state index contributed by atoms with van der Waals surface area (Å²) in [6, 6.07) is 20.5. The molecule has 166 valence electrons. The van der Waals surface area contributed by atoms with Crippen LogP contribution in [0.2, 0.25) is 5.02 Å². The first-order valence-electron chi connectivity index (χ1n) is 9.85. The van der Waals surface area contributed by atoms with Crippen LogP contribution in [0, 0.1) is 5.82 Å². The van der Waals surface area contributed by atoms with Gasteiger partial charge in [0.15, 0.2) is 9.84 Å². The second-order valence-electron chi connectivity index (χ2n) is 7.35. The SMILES string of the molecule is CS(=O)(=O)c1ccc(C(=O)Nc2cccc(-c3ccccn3)c2)c(-c2cc(F)ccc2Cl)c1. The summed E-state index contributed by atoms with van der Waals surface area (Å²) in [4.78, 5) is 17.5. The molecule has 5 nitrogen and oxygen atoms in total. The summed E-state index contributed by atoms with van der Waals surface area (Å²) in [5.74, 6) is -1.06. The average molecular weight is 481 g/mol. The second-order valence-corrected chi connectivity index (χ2v) is 9.78. The van der Waals surface area contributed by atoms with Gasteiger partial charge in [-0.3, -0.25) is 9.78 Å². The van der Waals surface area contributed by atoms with Gasteiger partial charge in [-0.1, -0.05) is 29.8 Å². The molecule has 0 saturated carbocycles. The van der Waals surface area contributed by atoms with Crippen molar-refractivity contribution in [3.05, 3.63) is 101 Å². The van der Waals surface area contributed by atoms with Crippen LogP contribution in [0.3, 0.4) is 0 Å². The number of amides is 1. The molecule has 4 rings (SSSR count). The number of aromatic nitrogens is 1. The van der Waals surface area contributed by atoms with E-state index in [0.717, 1.165) is 17.5 Å². The minimum atomic E-state index is -3.57. The Kier molecular flexibility index (Phi) is 6.26. The van der Waals surface area contributed by atoms with Crippen molar-refractivity contribution in [2.45, 2.75) is 4.90 Å². The van der Waals surface area contributed by atoms with Gasteiger partial charge in [0.05, 0.1) is 10.6 Å². The number of rotatable bonds is 5. The maximum absolute atomic E-state index is 14.0. The lowest BCUT2D eigenvalue weighted by atomic mass is 9.98. The molecule has 4 aromatic rings. The molecule has 0 spiro atoms. The number of anilines is 1. The highest BCUT2D eigenvalue weighted by atomic mass is 35.5. The summed E-state index contributed by atoms with van der Waals surface area (Å²) in [6.07, 6.45) is 2.74. The fourth-order valence-corrected chi connectivity index (χ4v) is 4.23. The lowest BCUT2D eigenvalue weighted by Gasteiger charge is -2.14. The molecule has 0 saturated heterocycles. The zero-order valence-corrected chi connectivity index (χ0v) is 19.0. The van der Waals surface area contributed by atoms with E-state index in [1.54, 1.807) is 24.4 Å². The number of carbonyl (C=O) groups is 1. The summed E-state index contributed by atoms with van der Waals surface area (Å²) in [5.41, 5.74) is 2.66. The molecule has 8 heteroatoms. The van der Waals surface area contributed by atoms with E-state index in [0.29, 0.717) is 5.69 Å². The fraction of sp³-hybridized carbons (Fsp3) is 0.0400. The van der Waals surface area contributed by atoms with Gasteiger partial charge in [0.2, 0.25) is 0 Å². The molecule has 0 bridgehead atoms. The lowest BCUT2D eigenvalue weighted by Crippen LogP contribution is -2.14. The summed E-state index contributed by atoms with van der Waals surface area (Å²) in [7, 11) is -3.57. The third-order valence-corrected chi connectivity index (χ3v) is 6.40. The Hall–Kier alpha value is -3.55. The third kappa shape index (κ3) is 5.10. The second kappa shape index (κ2) is 9.13. The van der Waals surface area contributed by atoms with Crippen molar-refractivity contribution in [3.8, 4) is 22.4 Å². The molecule has 1 N–H and O–H groups in total. The van der Waals surface area contributed by atoms with Gasteiger partial charge < -0.3 is 5.32 Å². The van der Waals surface area contributed by atoms with Gasteiger partial charge in [-0.05, 0) is 66.2 Å². The van der Waals surface area contributed by atoms with Gasteiger partial charge in [0, 0.05) is 39.9 Å². The minimum absolute atomic E-state index is 0.00785. The van der Waals surface area contributed by atoms with Crippen LogP contribution in [0.5, 0.6) is 0 Å². The molecule has 0 fully saturated rings. The quantitative estimate of drug-likeness (QED) is 0.388. The first kappa shape index (κ1) is 22.6. The van der Waals surface area contributed by atoms with Gasteiger partial charge in [-0.2, -0.15) is 0 Å². The van der Waals surface area contributed by atoms with Crippen LogP contribution in [0.25, 0.3) is 22.4 Å². The smallest absolute Gasteiger partial charge is 0.256 e. The van der Waals surface area contributed by atoms with Crippen LogP contribution in [0.15, 0.2) is 90.0 Å². The van der Waals surface area contributed by atoms with Crippen molar-refractivity contribution in [1.29, 1.82) is 0 Å². The van der Waals surface area contributed by atoms with Crippen molar-refractivity contribution in [1.82, 2.24) is 4.98 Å². The van der Waals surface area contributed by atoms with E-state index >= 15 is 0 Å². The molecular formula is C25H18ClFN2O3S. The van der Waals surface area contributed by atoms with Crippen molar-refractivity contribution >= 4 is 33.0 Å². The molecule has 1 heterocycles. The van der Waals surface area contributed by atoms with Crippen molar-refractivity contribution in [2.24, 2.45) is 0 Å². The van der Waals surface area contributed by atoms with Crippen LogP contribution in [-0.2, 0) is 9.84 Å². The van der Waals surface area contributed by atoms with Crippen molar-refractivity contribution < 1.29 is 17.6 Å². The number of halogens is 2. The van der Waals surface area contributed by atoms with E-state index in [2.05, 4.69) is 10.3 Å². The topological polar surface area (TPSA) is 76.1 Å². The third-order valence-electron chi connectivity index (χ3n) is 4.96. The van der Waals surface area contributed by atoms with Crippen molar-refractivity contribution in [3.63, 3.8) is 0 Å². The molecule has 0 aliphatic heterocycles. The van der Waals surface area contributed by atoms with Gasteiger partial charge >= 0.3 is 0 Å². The van der Waals surface area contributed by atoms with E-state index in [-0.39, 0.29) is 26.6 Å². The number of pyridine rings is 1. The number of hydrogen-bond donors (Lipinski definition) is 1. The standard InChI is InChI=1S/C25H18ClFN2O3S/c1-33(31,32)19-9-10-20(21(15-19)22-14-17(27)8-11-23(22)26)25(30)29-18-6-4-5-16(13-18)24-7-2-3-12-28-24/h2-15H,1H3,(H,29,30). The zero-order chi connectivity index (χ0) is 23.6. The Morgan fingerprint density at radius 2 is 1.76 bits per heavy atom. The highest BCUT2D eigenvalue weighted by molar-refractivity contribution is 7.90. The summed E-state index contributed by atoms with van der Waals surface area (Å²) in [6.45, 7) is 0. The van der Waals surface area contributed by atoms with E-state index < -0.39 is 21.6 Å². The number of nitrogens with zero attached hydrogens (tertiary/aromatic N) is 1. The van der Waals surface area contributed by atoms with Crippen LogP contribution in [0.1, 0.15) is 10.4 Å². The van der Waals surface area contributed by atoms with Gasteiger partial charge in [0.1, 0.15) is 5.82 Å². The Morgan fingerprint density at radius 1 is 0.939 bits per heavy atom. The molecule has 3 aromatic carbocycles. The van der Waals surface area contributed by atoms with E-state index in [9.17, 15) is 17.6 Å². The molecule has 1 amide bonds. The molecule has 0 radical (unpaired) electrons. The monoisotopic (exact) mass is 480 g/mol. The van der Waals surface area contributed by atoms with E-state index in [1.165, 1.54) is 36.4 Å². The molecule has 0 atom stereocenters. The first-order valence-corrected chi connectivity index (χ1v) is 12.1. The van der Waals surface area contributed by atoms with Crippen LogP contribution in [-0.4, -0.2) is 25.6 Å². The Balaban J connectivity index is 1.76. The maximum Gasteiger partial charge on any atom is 0.256 e. The lowest BCUT2D eigenvalue weighted by molar-refractivity contribution is 0.102.